The first-order valence-electron chi connectivity index (χ1n) is 10.9. The number of rotatable bonds is 6. The minimum Gasteiger partial charge on any atom is -0.423 e. The zero-order chi connectivity index (χ0) is 22.8. The molecule has 1 aromatic carbocycles. The van der Waals surface area contributed by atoms with Crippen LogP contribution in [0.3, 0.4) is 0 Å². The number of aromatic nitrogens is 1. The maximum atomic E-state index is 13.2. The fourth-order valence-corrected chi connectivity index (χ4v) is 3.79. The van der Waals surface area contributed by atoms with Crippen LogP contribution in [0.4, 0.5) is 10.3 Å². The van der Waals surface area contributed by atoms with E-state index in [9.17, 15) is 19.2 Å². The molecule has 4 rings (SSSR count). The Morgan fingerprint density at radius 3 is 2.41 bits per heavy atom. The Hall–Kier alpha value is -3.41. The predicted octanol–water partition coefficient (Wildman–Crippen LogP) is 2.67. The van der Waals surface area contributed by atoms with Gasteiger partial charge in [-0.1, -0.05) is 13.8 Å². The van der Waals surface area contributed by atoms with E-state index in [1.807, 2.05) is 18.7 Å². The number of halogens is 1. The highest BCUT2D eigenvalue weighted by Gasteiger charge is 2.34. The van der Waals surface area contributed by atoms with Crippen LogP contribution in [0, 0.1) is 23.1 Å². The van der Waals surface area contributed by atoms with Crippen molar-refractivity contribution in [3.63, 3.8) is 0 Å². The zero-order valence-corrected chi connectivity index (χ0v) is 18.2. The second-order valence-electron chi connectivity index (χ2n) is 8.61. The highest BCUT2D eigenvalue weighted by Crippen LogP contribution is 2.41. The molecule has 1 aromatic heterocycles. The summed E-state index contributed by atoms with van der Waals surface area (Å²) < 4.78 is 19.0. The molecule has 2 heterocycles. The summed E-state index contributed by atoms with van der Waals surface area (Å²) in [5, 5.41) is 12.2. The third-order valence-corrected chi connectivity index (χ3v) is 5.86. The molecule has 1 unspecified atom stereocenters. The summed E-state index contributed by atoms with van der Waals surface area (Å²) in [7, 11) is 0. The molecule has 2 aliphatic rings. The van der Waals surface area contributed by atoms with Crippen molar-refractivity contribution >= 4 is 17.7 Å². The van der Waals surface area contributed by atoms with Crippen LogP contribution in [0.2, 0.25) is 0 Å². The Labute approximate surface area is 186 Å². The van der Waals surface area contributed by atoms with Gasteiger partial charge in [0, 0.05) is 37.7 Å². The van der Waals surface area contributed by atoms with E-state index in [4.69, 9.17) is 4.42 Å². The first-order valence-corrected chi connectivity index (χ1v) is 10.9. The molecule has 2 fully saturated rings. The van der Waals surface area contributed by atoms with E-state index in [-0.39, 0.29) is 11.8 Å². The lowest BCUT2D eigenvalue weighted by atomic mass is 10.0. The maximum absolute atomic E-state index is 13.2. The molecule has 0 bridgehead atoms. The van der Waals surface area contributed by atoms with E-state index in [1.165, 1.54) is 24.3 Å². The molecule has 32 heavy (non-hydrogen) atoms. The number of hydrogen-bond acceptors (Lipinski definition) is 6. The van der Waals surface area contributed by atoms with Crippen molar-refractivity contribution in [2.75, 3.05) is 31.1 Å². The van der Waals surface area contributed by atoms with Gasteiger partial charge in [-0.15, -0.1) is 0 Å². The maximum Gasteiger partial charge on any atom is 0.251 e. The molecule has 1 saturated heterocycles. The van der Waals surface area contributed by atoms with Gasteiger partial charge in [-0.3, -0.25) is 9.59 Å². The highest BCUT2D eigenvalue weighted by molar-refractivity contribution is 5.97. The second-order valence-corrected chi connectivity index (χ2v) is 8.61. The van der Waals surface area contributed by atoms with E-state index in [1.54, 1.807) is 4.90 Å². The molecule has 1 aliphatic carbocycles. The second kappa shape index (κ2) is 8.99. The van der Waals surface area contributed by atoms with Crippen molar-refractivity contribution in [1.82, 2.24) is 15.2 Å². The van der Waals surface area contributed by atoms with E-state index in [2.05, 4.69) is 16.4 Å². The molecule has 1 aliphatic heterocycles. The number of nitrogens with one attached hydrogen (secondary N) is 1. The fourth-order valence-electron chi connectivity index (χ4n) is 3.79. The van der Waals surface area contributed by atoms with Crippen molar-refractivity contribution < 1.29 is 18.4 Å². The molecule has 8 nitrogen and oxygen atoms in total. The standard InChI is InChI=1S/C23H26FN5O3/c1-14(2)19(27-20(30)15-5-7-17(24)8-6-15)22(31)28-9-11-29(12-10-28)23-18(13-25)26-21(32-23)16-3-4-16/h5-8,14,16,19H,3-4,9-12H2,1-2H3,(H,27,30). The molecule has 9 heteroatoms. The van der Waals surface area contributed by atoms with Crippen molar-refractivity contribution in [3.8, 4) is 6.07 Å². The van der Waals surface area contributed by atoms with Crippen LogP contribution in [0.1, 0.15) is 54.5 Å². The van der Waals surface area contributed by atoms with E-state index >= 15 is 0 Å². The van der Waals surface area contributed by atoms with Crippen molar-refractivity contribution in [2.45, 2.75) is 38.6 Å². The first-order chi connectivity index (χ1) is 15.4. The average molecular weight is 439 g/mol. The van der Waals surface area contributed by atoms with Crippen LogP contribution >= 0.6 is 0 Å². The van der Waals surface area contributed by atoms with Crippen LogP contribution in [-0.2, 0) is 4.79 Å². The summed E-state index contributed by atoms with van der Waals surface area (Å²) >= 11 is 0. The molecule has 1 atom stereocenters. The van der Waals surface area contributed by atoms with Crippen molar-refractivity contribution in [3.05, 3.63) is 47.2 Å². The molecule has 1 N–H and O–H groups in total. The van der Waals surface area contributed by atoms with E-state index in [0.29, 0.717) is 55.1 Å². The summed E-state index contributed by atoms with van der Waals surface area (Å²) in [6.45, 7) is 5.65. The molecule has 168 valence electrons. The Morgan fingerprint density at radius 2 is 1.84 bits per heavy atom. The zero-order valence-electron chi connectivity index (χ0n) is 18.2. The number of hydrogen-bond donors (Lipinski definition) is 1. The first kappa shape index (κ1) is 21.8. The SMILES string of the molecule is CC(C)C(NC(=O)c1ccc(F)cc1)C(=O)N1CCN(c2oc(C3CC3)nc2C#N)CC1. The van der Waals surface area contributed by atoms with Gasteiger partial charge < -0.3 is 19.5 Å². The Balaban J connectivity index is 1.39. The monoisotopic (exact) mass is 439 g/mol. The van der Waals surface area contributed by atoms with Gasteiger partial charge in [-0.25, -0.2) is 9.37 Å². The molecule has 2 amide bonds. The van der Waals surface area contributed by atoms with Crippen LogP contribution in [0.15, 0.2) is 28.7 Å². The fraction of sp³-hybridized carbons (Fsp3) is 0.478. The Morgan fingerprint density at radius 1 is 1.19 bits per heavy atom. The summed E-state index contributed by atoms with van der Waals surface area (Å²) in [5.41, 5.74) is 0.591. The largest absolute Gasteiger partial charge is 0.423 e. The van der Waals surface area contributed by atoms with Gasteiger partial charge in [0.1, 0.15) is 17.9 Å². The van der Waals surface area contributed by atoms with Crippen LogP contribution < -0.4 is 10.2 Å². The summed E-state index contributed by atoms with van der Waals surface area (Å²) in [6, 6.07) is 6.63. The summed E-state index contributed by atoms with van der Waals surface area (Å²) in [5.74, 6) is 0.299. The number of carbonyl (C=O) groups is 2. The number of anilines is 1. The van der Waals surface area contributed by atoms with E-state index < -0.39 is 17.8 Å². The topological polar surface area (TPSA) is 102 Å². The Bertz CT molecular complexity index is 1030. The molecule has 2 aromatic rings. The van der Waals surface area contributed by atoms with Crippen LogP contribution in [-0.4, -0.2) is 53.9 Å². The molecule has 1 saturated carbocycles. The van der Waals surface area contributed by atoms with Gasteiger partial charge in [0.25, 0.3) is 5.91 Å². The third kappa shape index (κ3) is 4.59. The minimum atomic E-state index is -0.694. The number of piperazine rings is 1. The lowest BCUT2D eigenvalue weighted by Crippen LogP contribution is -2.56. The molecular formula is C23H26FN5O3. The lowest BCUT2D eigenvalue weighted by Gasteiger charge is -2.37. The van der Waals surface area contributed by atoms with Crippen molar-refractivity contribution in [2.24, 2.45) is 5.92 Å². The molecular weight excluding hydrogens is 413 g/mol. The summed E-state index contributed by atoms with van der Waals surface area (Å²) in [4.78, 5) is 33.7. The van der Waals surface area contributed by atoms with Gasteiger partial charge in [-0.2, -0.15) is 5.26 Å². The van der Waals surface area contributed by atoms with Gasteiger partial charge in [0.15, 0.2) is 0 Å². The van der Waals surface area contributed by atoms with Gasteiger partial charge in [-0.05, 0) is 43.0 Å². The number of benzene rings is 1. The van der Waals surface area contributed by atoms with Crippen LogP contribution in [0.25, 0.3) is 0 Å². The smallest absolute Gasteiger partial charge is 0.251 e. The average Bonchev–Trinajstić information content (AvgIpc) is 3.56. The van der Waals surface area contributed by atoms with E-state index in [0.717, 1.165) is 12.8 Å². The van der Waals surface area contributed by atoms with Gasteiger partial charge in [0.2, 0.25) is 23.4 Å². The quantitative estimate of drug-likeness (QED) is 0.742. The lowest BCUT2D eigenvalue weighted by molar-refractivity contribution is -0.134. The summed E-state index contributed by atoms with van der Waals surface area (Å²) in [6.07, 6.45) is 2.07. The number of nitriles is 1. The molecule has 0 radical (unpaired) electrons. The van der Waals surface area contributed by atoms with Gasteiger partial charge in [0.05, 0.1) is 0 Å². The highest BCUT2D eigenvalue weighted by atomic mass is 19.1. The number of oxazole rings is 1. The minimum absolute atomic E-state index is 0.120. The number of carbonyl (C=O) groups excluding carboxylic acids is 2. The number of amides is 2. The number of nitrogens with zero attached hydrogens (tertiary/aromatic N) is 4. The predicted molar refractivity (Wildman–Crippen MR) is 114 cm³/mol. The normalized spacial score (nSPS) is 17.2. The van der Waals surface area contributed by atoms with Crippen molar-refractivity contribution in [1.29, 1.82) is 5.26 Å². The molecule has 0 spiro atoms. The Kier molecular flexibility index (Phi) is 6.12. The van der Waals surface area contributed by atoms with Gasteiger partial charge >= 0.3 is 0 Å². The van der Waals surface area contributed by atoms with Crippen LogP contribution in [0.5, 0.6) is 0 Å². The third-order valence-electron chi connectivity index (χ3n) is 5.86.